The summed E-state index contributed by atoms with van der Waals surface area (Å²) < 4.78 is 0. The van der Waals surface area contributed by atoms with E-state index in [1.807, 2.05) is 4.90 Å². The number of rotatable bonds is 3. The number of carbonyl (C=O) groups excluding carboxylic acids is 1. The second-order valence-corrected chi connectivity index (χ2v) is 5.83. The lowest BCUT2D eigenvalue weighted by Gasteiger charge is -2.30. The molecule has 1 saturated carbocycles. The van der Waals surface area contributed by atoms with Crippen LogP contribution in [-0.2, 0) is 4.79 Å². The van der Waals surface area contributed by atoms with Crippen molar-refractivity contribution in [3.63, 3.8) is 0 Å². The highest BCUT2D eigenvalue weighted by molar-refractivity contribution is 5.78. The Bertz CT molecular complexity index is 359. The van der Waals surface area contributed by atoms with Crippen LogP contribution in [0.25, 0.3) is 0 Å². The number of aliphatic carboxylic acids is 1. The van der Waals surface area contributed by atoms with Gasteiger partial charge in [0, 0.05) is 18.1 Å². The molecule has 2 aliphatic rings. The van der Waals surface area contributed by atoms with Crippen LogP contribution >= 0.6 is 0 Å². The summed E-state index contributed by atoms with van der Waals surface area (Å²) in [5.41, 5.74) is 0. The van der Waals surface area contributed by atoms with Gasteiger partial charge in [-0.2, -0.15) is 0 Å². The fourth-order valence-electron chi connectivity index (χ4n) is 3.50. The summed E-state index contributed by atoms with van der Waals surface area (Å²) in [5.74, 6) is -1.20. The maximum Gasteiger partial charge on any atom is 0.318 e. The van der Waals surface area contributed by atoms with Crippen LogP contribution in [-0.4, -0.2) is 40.1 Å². The third-order valence-corrected chi connectivity index (χ3v) is 4.63. The van der Waals surface area contributed by atoms with E-state index in [4.69, 9.17) is 5.11 Å². The lowest BCUT2D eigenvalue weighted by atomic mass is 10.0. The van der Waals surface area contributed by atoms with Crippen molar-refractivity contribution in [1.29, 1.82) is 0 Å². The normalized spacial score (nSPS) is 34.5. The van der Waals surface area contributed by atoms with Gasteiger partial charge in [0.2, 0.25) is 0 Å². The number of amides is 2. The number of nitrogens with one attached hydrogen (secondary N) is 1. The van der Waals surface area contributed by atoms with E-state index in [0.717, 1.165) is 32.1 Å². The third kappa shape index (κ3) is 2.85. The van der Waals surface area contributed by atoms with Gasteiger partial charge in [-0.3, -0.25) is 4.79 Å². The SMILES string of the molecule is CCC1CCC(C)N1C(=O)NC1CCCC1C(=O)O. The molecule has 4 atom stereocenters. The summed E-state index contributed by atoms with van der Waals surface area (Å²) in [7, 11) is 0. The molecule has 0 spiro atoms. The Kier molecular flexibility index (Phi) is 4.32. The van der Waals surface area contributed by atoms with Crippen molar-refractivity contribution < 1.29 is 14.7 Å². The molecule has 5 nitrogen and oxygen atoms in total. The van der Waals surface area contributed by atoms with E-state index in [1.54, 1.807) is 0 Å². The van der Waals surface area contributed by atoms with Gasteiger partial charge in [0.05, 0.1) is 5.92 Å². The first-order valence-electron chi connectivity index (χ1n) is 7.36. The fraction of sp³-hybridized carbons (Fsp3) is 0.857. The Morgan fingerprint density at radius 1 is 1.26 bits per heavy atom. The van der Waals surface area contributed by atoms with Gasteiger partial charge in [-0.15, -0.1) is 0 Å². The van der Waals surface area contributed by atoms with Gasteiger partial charge in [0.1, 0.15) is 0 Å². The van der Waals surface area contributed by atoms with Gasteiger partial charge in [0.15, 0.2) is 0 Å². The molecule has 2 N–H and O–H groups in total. The molecule has 2 fully saturated rings. The first kappa shape index (κ1) is 14.2. The minimum atomic E-state index is -0.788. The van der Waals surface area contributed by atoms with Gasteiger partial charge < -0.3 is 15.3 Å². The van der Waals surface area contributed by atoms with Gasteiger partial charge in [0.25, 0.3) is 0 Å². The van der Waals surface area contributed by atoms with Crippen LogP contribution in [0.3, 0.4) is 0 Å². The molecule has 5 heteroatoms. The van der Waals surface area contributed by atoms with Crippen LogP contribution in [0.5, 0.6) is 0 Å². The van der Waals surface area contributed by atoms with Crippen LogP contribution in [0.1, 0.15) is 52.4 Å². The number of hydrogen-bond donors (Lipinski definition) is 2. The topological polar surface area (TPSA) is 69.6 Å². The zero-order valence-electron chi connectivity index (χ0n) is 11.8. The van der Waals surface area contributed by atoms with Gasteiger partial charge in [-0.25, -0.2) is 4.79 Å². The summed E-state index contributed by atoms with van der Waals surface area (Å²) in [4.78, 5) is 25.4. The lowest BCUT2D eigenvalue weighted by molar-refractivity contribution is -0.142. The Labute approximate surface area is 114 Å². The monoisotopic (exact) mass is 268 g/mol. The highest BCUT2D eigenvalue weighted by Gasteiger charge is 2.38. The molecule has 1 aliphatic carbocycles. The minimum Gasteiger partial charge on any atom is -0.481 e. The van der Waals surface area contributed by atoms with E-state index < -0.39 is 11.9 Å². The van der Waals surface area contributed by atoms with E-state index >= 15 is 0 Å². The summed E-state index contributed by atoms with van der Waals surface area (Å²) in [6.07, 6.45) is 5.39. The number of carboxylic acids is 1. The van der Waals surface area contributed by atoms with Gasteiger partial charge >= 0.3 is 12.0 Å². The molecule has 0 aromatic carbocycles. The highest BCUT2D eigenvalue weighted by atomic mass is 16.4. The van der Waals surface area contributed by atoms with E-state index in [9.17, 15) is 9.59 Å². The number of likely N-dealkylation sites (tertiary alicyclic amines) is 1. The summed E-state index contributed by atoms with van der Waals surface area (Å²) in [6.45, 7) is 4.16. The van der Waals surface area contributed by atoms with Crippen molar-refractivity contribution in [1.82, 2.24) is 10.2 Å². The standard InChI is InChI=1S/C14H24N2O3/c1-3-10-8-7-9(2)16(10)14(19)15-12-6-4-5-11(12)13(17)18/h9-12H,3-8H2,1-2H3,(H,15,19)(H,17,18). The second kappa shape index (κ2) is 5.80. The number of hydrogen-bond acceptors (Lipinski definition) is 2. The molecule has 0 radical (unpaired) electrons. The van der Waals surface area contributed by atoms with Crippen molar-refractivity contribution >= 4 is 12.0 Å². The average molecular weight is 268 g/mol. The number of urea groups is 1. The van der Waals surface area contributed by atoms with Crippen molar-refractivity contribution in [3.8, 4) is 0 Å². The van der Waals surface area contributed by atoms with Crippen LogP contribution in [0.4, 0.5) is 4.79 Å². The summed E-state index contributed by atoms with van der Waals surface area (Å²) in [6, 6.07) is 0.291. The van der Waals surface area contributed by atoms with Gasteiger partial charge in [-0.05, 0) is 39.0 Å². The Morgan fingerprint density at radius 3 is 2.63 bits per heavy atom. The van der Waals surface area contributed by atoms with E-state index in [-0.39, 0.29) is 18.1 Å². The quantitative estimate of drug-likeness (QED) is 0.824. The number of carbonyl (C=O) groups is 2. The first-order chi connectivity index (χ1) is 9.04. The molecule has 1 heterocycles. The maximum absolute atomic E-state index is 12.4. The molecule has 1 aliphatic heterocycles. The molecule has 4 unspecified atom stereocenters. The predicted octanol–water partition coefficient (Wildman–Crippen LogP) is 2.21. The third-order valence-electron chi connectivity index (χ3n) is 4.63. The number of carboxylic acid groups (broad SMARTS) is 1. The van der Waals surface area contributed by atoms with Crippen molar-refractivity contribution in [2.24, 2.45) is 5.92 Å². The second-order valence-electron chi connectivity index (χ2n) is 5.83. The van der Waals surface area contributed by atoms with E-state index in [0.29, 0.717) is 12.5 Å². The predicted molar refractivity (Wildman–Crippen MR) is 71.9 cm³/mol. The lowest BCUT2D eigenvalue weighted by Crippen LogP contribution is -2.50. The Balaban J connectivity index is 1.98. The first-order valence-corrected chi connectivity index (χ1v) is 7.36. The molecule has 0 aromatic heterocycles. The van der Waals surface area contributed by atoms with E-state index in [2.05, 4.69) is 19.2 Å². The van der Waals surface area contributed by atoms with Crippen LogP contribution in [0, 0.1) is 5.92 Å². The molecular weight excluding hydrogens is 244 g/mol. The number of nitrogens with zero attached hydrogens (tertiary/aromatic N) is 1. The smallest absolute Gasteiger partial charge is 0.318 e. The molecule has 19 heavy (non-hydrogen) atoms. The molecule has 2 amide bonds. The minimum absolute atomic E-state index is 0.0741. The van der Waals surface area contributed by atoms with Crippen molar-refractivity contribution in [2.45, 2.75) is 70.5 Å². The molecule has 1 saturated heterocycles. The summed E-state index contributed by atoms with van der Waals surface area (Å²) in [5, 5.41) is 12.1. The van der Waals surface area contributed by atoms with Crippen molar-refractivity contribution in [3.05, 3.63) is 0 Å². The molecule has 0 aromatic rings. The molecule has 2 rings (SSSR count). The van der Waals surface area contributed by atoms with Crippen LogP contribution in [0.2, 0.25) is 0 Å². The Hall–Kier alpha value is -1.26. The molecule has 0 bridgehead atoms. The average Bonchev–Trinajstić information content (AvgIpc) is 2.95. The molecular formula is C14H24N2O3. The van der Waals surface area contributed by atoms with Gasteiger partial charge in [-0.1, -0.05) is 13.3 Å². The zero-order chi connectivity index (χ0) is 14.0. The highest BCUT2D eigenvalue weighted by Crippen LogP contribution is 2.29. The van der Waals surface area contributed by atoms with E-state index in [1.165, 1.54) is 0 Å². The van der Waals surface area contributed by atoms with Crippen LogP contribution < -0.4 is 5.32 Å². The Morgan fingerprint density at radius 2 is 2.00 bits per heavy atom. The fourth-order valence-corrected chi connectivity index (χ4v) is 3.50. The summed E-state index contributed by atoms with van der Waals surface area (Å²) >= 11 is 0. The van der Waals surface area contributed by atoms with Crippen molar-refractivity contribution in [2.75, 3.05) is 0 Å². The molecule has 108 valence electrons. The zero-order valence-corrected chi connectivity index (χ0v) is 11.8. The maximum atomic E-state index is 12.4. The van der Waals surface area contributed by atoms with Crippen LogP contribution in [0.15, 0.2) is 0 Å². The largest absolute Gasteiger partial charge is 0.481 e.